The van der Waals surface area contributed by atoms with Crippen LogP contribution in [0.2, 0.25) is 26.2 Å². The average Bonchev–Trinajstić information content (AvgIpc) is 2.47. The maximum absolute atomic E-state index is 14.0. The average molecular weight is 250 g/mol. The molecule has 0 fully saturated rings. The topological polar surface area (TPSA) is 22.4 Å². The summed E-state index contributed by atoms with van der Waals surface area (Å²) in [4.78, 5) is 0. The third-order valence-corrected chi connectivity index (χ3v) is 4.50. The summed E-state index contributed by atoms with van der Waals surface area (Å²) in [6.45, 7) is 5.76. The molecule has 1 atom stereocenters. The summed E-state index contributed by atoms with van der Waals surface area (Å²) in [5, 5.41) is 0. The van der Waals surface area contributed by atoms with Gasteiger partial charge in [0.15, 0.2) is 0 Å². The van der Waals surface area contributed by atoms with E-state index in [2.05, 4.69) is 0 Å². The normalized spacial score (nSPS) is 15.3. The van der Waals surface area contributed by atoms with Crippen LogP contribution >= 0.6 is 0 Å². The molecule has 6 heteroatoms. The van der Waals surface area contributed by atoms with Gasteiger partial charge < -0.3 is 13.0 Å². The van der Waals surface area contributed by atoms with Gasteiger partial charge in [-0.1, -0.05) is 0 Å². The van der Waals surface area contributed by atoms with Crippen molar-refractivity contribution in [1.82, 2.24) is 0 Å². The molecule has 0 spiro atoms. The standard InChI is InChI=1S/C9H16F2O2Si2/c1-14(2,10)9(13-15(3,4)11)8-6-5-7-12-8/h5-7,9H,1-4H3. The van der Waals surface area contributed by atoms with Crippen molar-refractivity contribution in [3.05, 3.63) is 24.2 Å². The summed E-state index contributed by atoms with van der Waals surface area (Å²) in [6, 6.07) is 3.28. The fourth-order valence-electron chi connectivity index (χ4n) is 1.26. The molecule has 1 rings (SSSR count). The molecule has 0 aromatic carbocycles. The Balaban J connectivity index is 2.90. The minimum Gasteiger partial charge on any atom is -0.467 e. The molecule has 0 bridgehead atoms. The number of rotatable bonds is 4. The second kappa shape index (κ2) is 4.19. The molecule has 0 saturated carbocycles. The van der Waals surface area contributed by atoms with E-state index in [9.17, 15) is 8.22 Å². The van der Waals surface area contributed by atoms with Crippen LogP contribution in [-0.2, 0) is 4.43 Å². The molecule has 1 aromatic heterocycles. The van der Waals surface area contributed by atoms with Crippen molar-refractivity contribution in [2.75, 3.05) is 0 Å². The highest BCUT2D eigenvalue weighted by molar-refractivity contribution is 6.73. The van der Waals surface area contributed by atoms with E-state index in [-0.39, 0.29) is 0 Å². The van der Waals surface area contributed by atoms with Crippen LogP contribution in [0.5, 0.6) is 0 Å². The minimum absolute atomic E-state index is 0.382. The molecule has 0 N–H and O–H groups in total. The zero-order valence-corrected chi connectivity index (χ0v) is 11.4. The Labute approximate surface area is 90.7 Å². The largest absolute Gasteiger partial charge is 0.467 e. The lowest BCUT2D eigenvalue weighted by molar-refractivity contribution is 0.200. The summed E-state index contributed by atoms with van der Waals surface area (Å²) in [7, 11) is -6.37. The van der Waals surface area contributed by atoms with Gasteiger partial charge in [-0.15, -0.1) is 0 Å². The van der Waals surface area contributed by atoms with E-state index in [0.717, 1.165) is 0 Å². The van der Waals surface area contributed by atoms with Gasteiger partial charge in [0.25, 0.3) is 8.41 Å². The van der Waals surface area contributed by atoms with Crippen LogP contribution in [0.1, 0.15) is 11.5 Å². The van der Waals surface area contributed by atoms with Gasteiger partial charge in [0, 0.05) is 0 Å². The van der Waals surface area contributed by atoms with E-state index in [4.69, 9.17) is 8.84 Å². The first-order valence-electron chi connectivity index (χ1n) is 4.79. The van der Waals surface area contributed by atoms with Crippen LogP contribution in [-0.4, -0.2) is 17.1 Å². The van der Waals surface area contributed by atoms with E-state index in [0.29, 0.717) is 5.76 Å². The third kappa shape index (κ3) is 3.88. The van der Waals surface area contributed by atoms with E-state index in [1.807, 2.05) is 0 Å². The van der Waals surface area contributed by atoms with Crippen molar-refractivity contribution >= 4 is 17.1 Å². The van der Waals surface area contributed by atoms with Crippen molar-refractivity contribution in [1.29, 1.82) is 0 Å². The highest BCUT2D eigenvalue weighted by atomic mass is 28.4. The summed E-state index contributed by atoms with van der Waals surface area (Å²) in [5.41, 5.74) is -0.848. The van der Waals surface area contributed by atoms with E-state index < -0.39 is 22.8 Å². The molecular weight excluding hydrogens is 234 g/mol. The number of hydrogen-bond acceptors (Lipinski definition) is 2. The van der Waals surface area contributed by atoms with E-state index in [1.54, 1.807) is 12.1 Å². The van der Waals surface area contributed by atoms with Crippen LogP contribution < -0.4 is 0 Å². The Morgan fingerprint density at radius 2 is 1.87 bits per heavy atom. The Kier molecular flexibility index (Phi) is 3.52. The molecule has 2 nitrogen and oxygen atoms in total. The minimum atomic E-state index is -3.25. The van der Waals surface area contributed by atoms with Gasteiger partial charge in [0.1, 0.15) is 11.5 Å². The Bertz CT molecular complexity index is 301. The summed E-state index contributed by atoms with van der Waals surface area (Å²) >= 11 is 0. The fraction of sp³-hybridized carbons (Fsp3) is 0.556. The molecule has 86 valence electrons. The number of hydrogen-bond donors (Lipinski definition) is 0. The van der Waals surface area contributed by atoms with Crippen LogP contribution in [0.25, 0.3) is 0 Å². The highest BCUT2D eigenvalue weighted by Crippen LogP contribution is 2.32. The van der Waals surface area contributed by atoms with Gasteiger partial charge in [0.05, 0.1) is 6.26 Å². The first-order chi connectivity index (χ1) is 6.70. The molecule has 1 unspecified atom stereocenters. The van der Waals surface area contributed by atoms with Crippen LogP contribution in [0.15, 0.2) is 22.8 Å². The van der Waals surface area contributed by atoms with Gasteiger partial charge in [-0.2, -0.15) is 0 Å². The lowest BCUT2D eigenvalue weighted by Gasteiger charge is -2.27. The quantitative estimate of drug-likeness (QED) is 0.600. The summed E-state index contributed by atoms with van der Waals surface area (Å²) in [6.07, 6.45) is 1.44. The van der Waals surface area contributed by atoms with Gasteiger partial charge in [-0.05, 0) is 38.3 Å². The van der Waals surface area contributed by atoms with Gasteiger partial charge in [0.2, 0.25) is 0 Å². The molecule has 1 heterocycles. The van der Waals surface area contributed by atoms with Gasteiger partial charge in [-0.25, -0.2) is 0 Å². The van der Waals surface area contributed by atoms with Crippen LogP contribution in [0.4, 0.5) is 8.22 Å². The third-order valence-electron chi connectivity index (χ3n) is 1.82. The molecule has 0 saturated heterocycles. The maximum Gasteiger partial charge on any atom is 0.378 e. The van der Waals surface area contributed by atoms with E-state index >= 15 is 0 Å². The Morgan fingerprint density at radius 1 is 1.27 bits per heavy atom. The predicted octanol–water partition coefficient (Wildman–Crippen LogP) is 3.72. The molecule has 0 aliphatic carbocycles. The SMILES string of the molecule is C[Si](C)(F)OC(c1ccco1)[Si](C)(C)F. The van der Waals surface area contributed by atoms with Gasteiger partial charge in [-0.3, -0.25) is 4.11 Å². The monoisotopic (exact) mass is 250 g/mol. The van der Waals surface area contributed by atoms with Gasteiger partial charge >= 0.3 is 8.65 Å². The van der Waals surface area contributed by atoms with Crippen molar-refractivity contribution in [2.45, 2.75) is 31.9 Å². The molecule has 15 heavy (non-hydrogen) atoms. The zero-order chi connectivity index (χ0) is 11.7. The maximum atomic E-state index is 14.0. The smallest absolute Gasteiger partial charge is 0.378 e. The Morgan fingerprint density at radius 3 is 2.20 bits per heavy atom. The Hall–Kier alpha value is -0.466. The molecule has 0 aliphatic heterocycles. The molecular formula is C9H16F2O2Si2. The second-order valence-electron chi connectivity index (χ2n) is 4.44. The lowest BCUT2D eigenvalue weighted by atomic mass is 10.5. The second-order valence-corrected chi connectivity index (χ2v) is 11.1. The van der Waals surface area contributed by atoms with Crippen LogP contribution in [0.3, 0.4) is 0 Å². The van der Waals surface area contributed by atoms with Crippen molar-refractivity contribution < 1.29 is 17.1 Å². The summed E-state index contributed by atoms with van der Waals surface area (Å²) in [5.74, 6) is 0.382. The zero-order valence-electron chi connectivity index (χ0n) is 9.38. The van der Waals surface area contributed by atoms with Crippen molar-refractivity contribution in [3.8, 4) is 0 Å². The van der Waals surface area contributed by atoms with Crippen LogP contribution in [0, 0.1) is 0 Å². The summed E-state index contributed by atoms with van der Waals surface area (Å²) < 4.78 is 37.8. The molecule has 0 radical (unpaired) electrons. The van der Waals surface area contributed by atoms with Crippen molar-refractivity contribution in [2.24, 2.45) is 0 Å². The first-order valence-corrected chi connectivity index (χ1v) is 10.5. The fourth-order valence-corrected chi connectivity index (χ4v) is 4.74. The van der Waals surface area contributed by atoms with E-state index in [1.165, 1.54) is 32.5 Å². The molecule has 1 aromatic rings. The number of halogens is 2. The lowest BCUT2D eigenvalue weighted by Crippen LogP contribution is -2.38. The first kappa shape index (κ1) is 12.6. The predicted molar refractivity (Wildman–Crippen MR) is 59.7 cm³/mol. The molecule has 0 amide bonds. The molecule has 0 aliphatic rings. The number of furan rings is 1. The highest BCUT2D eigenvalue weighted by Gasteiger charge is 2.42. The van der Waals surface area contributed by atoms with Crippen molar-refractivity contribution in [3.63, 3.8) is 0 Å².